The van der Waals surface area contributed by atoms with Crippen LogP contribution in [-0.2, 0) is 14.3 Å². The summed E-state index contributed by atoms with van der Waals surface area (Å²) in [6.45, 7) is 4.58. The van der Waals surface area contributed by atoms with Gasteiger partial charge in [0.15, 0.2) is 5.76 Å². The first-order chi connectivity index (χ1) is 18.0. The van der Waals surface area contributed by atoms with Gasteiger partial charge < -0.3 is 19.9 Å². The average Bonchev–Trinajstić information content (AvgIpc) is 2.91. The van der Waals surface area contributed by atoms with Gasteiger partial charge in [-0.15, -0.1) is 0 Å². The van der Waals surface area contributed by atoms with E-state index in [4.69, 9.17) is 4.74 Å². The molecule has 2 aromatic carbocycles. The first-order valence-electron chi connectivity index (χ1n) is 13.6. The van der Waals surface area contributed by atoms with E-state index in [0.29, 0.717) is 12.1 Å². The lowest BCUT2D eigenvalue weighted by Crippen LogP contribution is -2.57. The van der Waals surface area contributed by atoms with Gasteiger partial charge in [0.25, 0.3) is 5.91 Å². The molecule has 1 saturated heterocycles. The predicted octanol–water partition coefficient (Wildman–Crippen LogP) is 5.15. The van der Waals surface area contributed by atoms with Crippen molar-refractivity contribution >= 4 is 23.6 Å². The van der Waals surface area contributed by atoms with Crippen LogP contribution in [0.5, 0.6) is 0 Å². The van der Waals surface area contributed by atoms with Crippen molar-refractivity contribution in [1.29, 1.82) is 0 Å². The van der Waals surface area contributed by atoms with Gasteiger partial charge in [-0.05, 0) is 68.0 Å². The monoisotopic (exact) mass is 507 g/mol. The van der Waals surface area contributed by atoms with Crippen molar-refractivity contribution < 1.29 is 18.7 Å². The molecule has 0 bridgehead atoms. The predicted molar refractivity (Wildman–Crippen MR) is 144 cm³/mol. The van der Waals surface area contributed by atoms with Gasteiger partial charge in [0.05, 0.1) is 6.04 Å². The lowest BCUT2D eigenvalue weighted by atomic mass is 9.89. The molecular weight excluding hydrogens is 469 g/mol. The molecule has 198 valence electrons. The number of unbranched alkanes of at least 4 members (excludes halogenated alkanes) is 1. The Morgan fingerprint density at radius 2 is 1.89 bits per heavy atom. The summed E-state index contributed by atoms with van der Waals surface area (Å²) >= 11 is 0. The third kappa shape index (κ3) is 7.34. The van der Waals surface area contributed by atoms with Crippen LogP contribution in [0.1, 0.15) is 57.4 Å². The molecular formula is C30H38FN3O3. The molecule has 2 unspecified atom stereocenters. The van der Waals surface area contributed by atoms with E-state index in [0.717, 1.165) is 58.0 Å². The number of carbonyl (C=O) groups is 2. The summed E-state index contributed by atoms with van der Waals surface area (Å²) in [7, 11) is 0. The molecule has 2 atom stereocenters. The van der Waals surface area contributed by atoms with Gasteiger partial charge in [0.2, 0.25) is 5.91 Å². The molecule has 4 rings (SSSR count). The maximum absolute atomic E-state index is 13.7. The summed E-state index contributed by atoms with van der Waals surface area (Å²) in [4.78, 5) is 30.2. The molecule has 2 aliphatic rings. The molecule has 2 fully saturated rings. The van der Waals surface area contributed by atoms with Gasteiger partial charge in [0.1, 0.15) is 18.5 Å². The second-order valence-corrected chi connectivity index (χ2v) is 9.88. The van der Waals surface area contributed by atoms with Gasteiger partial charge in [-0.2, -0.15) is 0 Å². The number of hydrogen-bond donors (Lipinski definition) is 1. The van der Waals surface area contributed by atoms with Crippen molar-refractivity contribution in [2.75, 3.05) is 31.1 Å². The van der Waals surface area contributed by atoms with Crippen molar-refractivity contribution in [2.45, 2.75) is 64.0 Å². The van der Waals surface area contributed by atoms with Crippen molar-refractivity contribution in [3.63, 3.8) is 0 Å². The minimum Gasteiger partial charge on any atom is -0.482 e. The zero-order chi connectivity index (χ0) is 26.0. The number of halogens is 1. The Labute approximate surface area is 219 Å². The number of rotatable bonds is 11. The maximum Gasteiger partial charge on any atom is 0.289 e. The topological polar surface area (TPSA) is 61.9 Å². The number of amides is 2. The molecule has 0 spiro atoms. The Hall–Kier alpha value is -3.35. The number of ether oxygens (including phenoxy) is 1. The van der Waals surface area contributed by atoms with E-state index in [-0.39, 0.29) is 42.1 Å². The Bertz CT molecular complexity index is 1070. The number of para-hydroxylation sites is 1. The molecule has 2 aromatic rings. The zero-order valence-corrected chi connectivity index (χ0v) is 21.7. The smallest absolute Gasteiger partial charge is 0.289 e. The van der Waals surface area contributed by atoms with Crippen LogP contribution in [0.2, 0.25) is 0 Å². The van der Waals surface area contributed by atoms with Crippen LogP contribution in [0, 0.1) is 5.82 Å². The summed E-state index contributed by atoms with van der Waals surface area (Å²) in [5, 5.41) is 3.01. The number of carbonyl (C=O) groups excluding carboxylic acids is 2. The molecule has 1 N–H and O–H groups in total. The number of anilines is 1. The van der Waals surface area contributed by atoms with E-state index < -0.39 is 0 Å². The van der Waals surface area contributed by atoms with Gasteiger partial charge in [-0.25, -0.2) is 4.39 Å². The number of nitrogens with one attached hydrogen (secondary N) is 1. The Balaban J connectivity index is 1.35. The number of fused-ring (bicyclic) bond motifs is 1. The van der Waals surface area contributed by atoms with E-state index in [1.54, 1.807) is 23.1 Å². The number of benzene rings is 2. The molecule has 1 aliphatic carbocycles. The van der Waals surface area contributed by atoms with Crippen LogP contribution in [0.4, 0.5) is 10.1 Å². The number of nitrogens with zero attached hydrogens (tertiary/aromatic N) is 2. The van der Waals surface area contributed by atoms with Crippen LogP contribution >= 0.6 is 0 Å². The Kier molecular flexibility index (Phi) is 9.58. The highest BCUT2D eigenvalue weighted by atomic mass is 19.1. The standard InChI is InChI=1S/C30H38FN3O3/c1-2-3-18-33(25-13-5-4-6-14-25)19-10-17-32-29(35)22-34-26-15-7-8-16-27(26)37-28(30(34)36)21-23-11-9-12-24(31)20-23/h4-6,9,11-14,20-21,26-27H,2-3,7-8,10,15-19,22H2,1H3,(H,32,35)/b28-21+. The van der Waals surface area contributed by atoms with E-state index in [1.807, 2.05) is 18.2 Å². The fourth-order valence-electron chi connectivity index (χ4n) is 5.18. The summed E-state index contributed by atoms with van der Waals surface area (Å²) < 4.78 is 19.7. The van der Waals surface area contributed by atoms with Crippen LogP contribution in [0.3, 0.4) is 0 Å². The van der Waals surface area contributed by atoms with Crippen molar-refractivity contribution in [2.24, 2.45) is 0 Å². The minimum atomic E-state index is -0.370. The van der Waals surface area contributed by atoms with E-state index in [1.165, 1.54) is 17.8 Å². The lowest BCUT2D eigenvalue weighted by Gasteiger charge is -2.44. The fourth-order valence-corrected chi connectivity index (χ4v) is 5.18. The maximum atomic E-state index is 13.7. The fraction of sp³-hybridized carbons (Fsp3) is 0.467. The van der Waals surface area contributed by atoms with E-state index >= 15 is 0 Å². The third-order valence-electron chi connectivity index (χ3n) is 7.11. The molecule has 1 saturated carbocycles. The summed E-state index contributed by atoms with van der Waals surface area (Å²) in [6, 6.07) is 16.3. The molecule has 1 heterocycles. The summed E-state index contributed by atoms with van der Waals surface area (Å²) in [5.41, 5.74) is 1.76. The largest absolute Gasteiger partial charge is 0.482 e. The first-order valence-corrected chi connectivity index (χ1v) is 13.6. The molecule has 0 radical (unpaired) electrons. The normalized spacial score (nSPS) is 20.3. The van der Waals surface area contributed by atoms with Gasteiger partial charge in [0, 0.05) is 25.3 Å². The second-order valence-electron chi connectivity index (χ2n) is 9.88. The number of hydrogen-bond acceptors (Lipinski definition) is 4. The van der Waals surface area contributed by atoms with Crippen LogP contribution in [0.25, 0.3) is 6.08 Å². The van der Waals surface area contributed by atoms with Crippen molar-refractivity contribution in [3.05, 3.63) is 71.7 Å². The Morgan fingerprint density at radius 3 is 2.68 bits per heavy atom. The minimum absolute atomic E-state index is 0.00207. The van der Waals surface area contributed by atoms with Crippen LogP contribution in [-0.4, -0.2) is 55.0 Å². The van der Waals surface area contributed by atoms with Crippen molar-refractivity contribution in [1.82, 2.24) is 10.2 Å². The van der Waals surface area contributed by atoms with Crippen LogP contribution in [0.15, 0.2) is 60.4 Å². The average molecular weight is 508 g/mol. The second kappa shape index (κ2) is 13.3. The molecule has 7 heteroatoms. The highest BCUT2D eigenvalue weighted by Crippen LogP contribution is 2.33. The van der Waals surface area contributed by atoms with Gasteiger partial charge in [-0.1, -0.05) is 50.1 Å². The van der Waals surface area contributed by atoms with Gasteiger partial charge in [-0.3, -0.25) is 9.59 Å². The molecule has 0 aromatic heterocycles. The SMILES string of the molecule is CCCCN(CCCNC(=O)CN1C(=O)/C(=C\c2cccc(F)c2)OC2CCCCC21)c1ccccc1. The zero-order valence-electron chi connectivity index (χ0n) is 21.7. The number of morpholine rings is 1. The molecule has 2 amide bonds. The molecule has 6 nitrogen and oxygen atoms in total. The highest BCUT2D eigenvalue weighted by Gasteiger charge is 2.42. The van der Waals surface area contributed by atoms with Gasteiger partial charge >= 0.3 is 0 Å². The third-order valence-corrected chi connectivity index (χ3v) is 7.11. The van der Waals surface area contributed by atoms with E-state index in [9.17, 15) is 14.0 Å². The first kappa shape index (κ1) is 26.7. The lowest BCUT2D eigenvalue weighted by molar-refractivity contribution is -0.151. The summed E-state index contributed by atoms with van der Waals surface area (Å²) in [6.07, 6.45) is 8.19. The molecule has 37 heavy (non-hydrogen) atoms. The summed E-state index contributed by atoms with van der Waals surface area (Å²) in [5.74, 6) is -0.664. The highest BCUT2D eigenvalue weighted by molar-refractivity contribution is 5.98. The quantitative estimate of drug-likeness (QED) is 0.338. The Morgan fingerprint density at radius 1 is 1.11 bits per heavy atom. The van der Waals surface area contributed by atoms with Crippen LogP contribution < -0.4 is 10.2 Å². The van der Waals surface area contributed by atoms with Crippen molar-refractivity contribution in [3.8, 4) is 0 Å². The van der Waals surface area contributed by atoms with E-state index in [2.05, 4.69) is 29.3 Å². The molecule has 1 aliphatic heterocycles.